The summed E-state index contributed by atoms with van der Waals surface area (Å²) in [6, 6.07) is 13.0. The summed E-state index contributed by atoms with van der Waals surface area (Å²) in [5.74, 6) is 0. The molecule has 2 aromatic rings. The molecule has 0 aromatic heterocycles. The van der Waals surface area contributed by atoms with Crippen molar-refractivity contribution in [1.29, 1.82) is 0 Å². The van der Waals surface area contributed by atoms with Crippen LogP contribution >= 0.6 is 0 Å². The molecule has 0 bridgehead atoms. The normalized spacial score (nSPS) is 11.1. The minimum absolute atomic E-state index is 0.977. The molecular weight excluding hydrogens is 208 g/mol. The van der Waals surface area contributed by atoms with E-state index in [4.69, 9.17) is 0 Å². The summed E-state index contributed by atoms with van der Waals surface area (Å²) >= 11 is 0. The number of aryl methyl sites for hydroxylation is 1. The molecule has 0 aliphatic rings. The van der Waals surface area contributed by atoms with Crippen molar-refractivity contribution in [2.24, 2.45) is 0 Å². The van der Waals surface area contributed by atoms with Gasteiger partial charge in [-0.1, -0.05) is 24.3 Å². The summed E-state index contributed by atoms with van der Waals surface area (Å²) in [6.07, 6.45) is 0. The molecule has 2 aromatic carbocycles. The number of benzene rings is 2. The van der Waals surface area contributed by atoms with Crippen LogP contribution in [0.5, 0.6) is 0 Å². The molecule has 2 heteroatoms. The first kappa shape index (κ1) is 11.9. The summed E-state index contributed by atoms with van der Waals surface area (Å²) in [7, 11) is 4.18. The minimum atomic E-state index is 0.977. The van der Waals surface area contributed by atoms with E-state index in [1.165, 1.54) is 22.0 Å². The summed E-state index contributed by atoms with van der Waals surface area (Å²) in [5.41, 5.74) is 2.54. The van der Waals surface area contributed by atoms with Crippen molar-refractivity contribution >= 4 is 16.5 Å². The van der Waals surface area contributed by atoms with Crippen LogP contribution in [-0.2, 0) is 0 Å². The largest absolute Gasteiger partial charge is 0.384 e. The van der Waals surface area contributed by atoms with Gasteiger partial charge in [-0.15, -0.1) is 0 Å². The molecule has 0 aliphatic carbocycles. The average molecular weight is 228 g/mol. The van der Waals surface area contributed by atoms with Crippen LogP contribution in [0.3, 0.4) is 0 Å². The lowest BCUT2D eigenvalue weighted by Gasteiger charge is -2.13. The van der Waals surface area contributed by atoms with Gasteiger partial charge in [-0.2, -0.15) is 0 Å². The lowest BCUT2D eigenvalue weighted by Crippen LogP contribution is -2.20. The highest BCUT2D eigenvalue weighted by Gasteiger charge is 2.00. The maximum absolute atomic E-state index is 3.47. The van der Waals surface area contributed by atoms with Crippen LogP contribution in [-0.4, -0.2) is 32.1 Å². The van der Waals surface area contributed by atoms with E-state index in [1.807, 2.05) is 0 Å². The number of fused-ring (bicyclic) bond motifs is 1. The maximum Gasteiger partial charge on any atom is 0.0349 e. The Morgan fingerprint density at radius 3 is 2.65 bits per heavy atom. The van der Waals surface area contributed by atoms with Crippen LogP contribution in [0.4, 0.5) is 5.69 Å². The van der Waals surface area contributed by atoms with E-state index in [9.17, 15) is 0 Å². The van der Waals surface area contributed by atoms with Gasteiger partial charge in [0.1, 0.15) is 0 Å². The first-order valence-corrected chi connectivity index (χ1v) is 6.05. The third-order valence-electron chi connectivity index (χ3n) is 2.96. The van der Waals surface area contributed by atoms with Crippen molar-refractivity contribution < 1.29 is 0 Å². The Bertz CT molecular complexity index is 503. The zero-order chi connectivity index (χ0) is 12.3. The fraction of sp³-hybridized carbons (Fsp3) is 0.333. The summed E-state index contributed by atoms with van der Waals surface area (Å²) in [4.78, 5) is 2.18. The minimum Gasteiger partial charge on any atom is -0.384 e. The molecule has 0 radical (unpaired) electrons. The fourth-order valence-corrected chi connectivity index (χ4v) is 2.03. The van der Waals surface area contributed by atoms with Crippen molar-refractivity contribution in [3.63, 3.8) is 0 Å². The Kier molecular flexibility index (Phi) is 3.64. The first-order chi connectivity index (χ1) is 8.16. The van der Waals surface area contributed by atoms with Crippen LogP contribution in [0.25, 0.3) is 10.8 Å². The fourth-order valence-electron chi connectivity index (χ4n) is 2.03. The van der Waals surface area contributed by atoms with Crippen LogP contribution in [0.1, 0.15) is 5.56 Å². The highest BCUT2D eigenvalue weighted by Crippen LogP contribution is 2.23. The molecule has 0 saturated heterocycles. The SMILES string of the molecule is Cc1cc(NCCN(C)C)cc2ccccc12. The summed E-state index contributed by atoms with van der Waals surface area (Å²) < 4.78 is 0. The Morgan fingerprint density at radius 1 is 1.12 bits per heavy atom. The van der Waals surface area contributed by atoms with E-state index < -0.39 is 0 Å². The average Bonchev–Trinajstić information content (AvgIpc) is 2.28. The zero-order valence-electron chi connectivity index (χ0n) is 10.8. The quantitative estimate of drug-likeness (QED) is 0.865. The van der Waals surface area contributed by atoms with Gasteiger partial charge < -0.3 is 10.2 Å². The standard InChI is InChI=1S/C15H20N2/c1-12-10-14(16-8-9-17(2)3)11-13-6-4-5-7-15(12)13/h4-7,10-11,16H,8-9H2,1-3H3. The lowest BCUT2D eigenvalue weighted by molar-refractivity contribution is 0.425. The number of hydrogen-bond donors (Lipinski definition) is 1. The zero-order valence-corrected chi connectivity index (χ0v) is 10.8. The van der Waals surface area contributed by atoms with E-state index in [2.05, 4.69) is 67.6 Å². The van der Waals surface area contributed by atoms with Gasteiger partial charge in [0, 0.05) is 18.8 Å². The maximum atomic E-state index is 3.47. The van der Waals surface area contributed by atoms with Crippen molar-refractivity contribution in [2.45, 2.75) is 6.92 Å². The second-order valence-electron chi connectivity index (χ2n) is 4.74. The van der Waals surface area contributed by atoms with Crippen molar-refractivity contribution in [3.8, 4) is 0 Å². The molecule has 0 amide bonds. The van der Waals surface area contributed by atoms with Crippen LogP contribution in [0, 0.1) is 6.92 Å². The van der Waals surface area contributed by atoms with Gasteiger partial charge in [-0.25, -0.2) is 0 Å². The molecule has 90 valence electrons. The highest BCUT2D eigenvalue weighted by atomic mass is 15.1. The number of nitrogens with zero attached hydrogens (tertiary/aromatic N) is 1. The molecule has 1 N–H and O–H groups in total. The van der Waals surface area contributed by atoms with Gasteiger partial charge in [0.05, 0.1) is 0 Å². The second-order valence-corrected chi connectivity index (χ2v) is 4.74. The van der Waals surface area contributed by atoms with Gasteiger partial charge in [-0.05, 0) is 49.5 Å². The van der Waals surface area contributed by atoms with Crippen molar-refractivity contribution in [2.75, 3.05) is 32.5 Å². The number of hydrogen-bond acceptors (Lipinski definition) is 2. The Morgan fingerprint density at radius 2 is 1.88 bits per heavy atom. The van der Waals surface area contributed by atoms with Gasteiger partial charge in [0.15, 0.2) is 0 Å². The molecule has 0 fully saturated rings. The van der Waals surface area contributed by atoms with E-state index >= 15 is 0 Å². The second kappa shape index (κ2) is 5.19. The van der Waals surface area contributed by atoms with Gasteiger partial charge >= 0.3 is 0 Å². The smallest absolute Gasteiger partial charge is 0.0349 e. The number of likely N-dealkylation sites (N-methyl/N-ethyl adjacent to an activating group) is 1. The van der Waals surface area contributed by atoms with Crippen molar-refractivity contribution in [1.82, 2.24) is 4.90 Å². The molecule has 0 heterocycles. The van der Waals surface area contributed by atoms with Crippen LogP contribution in [0.2, 0.25) is 0 Å². The molecule has 0 aliphatic heterocycles. The predicted octanol–water partition coefficient (Wildman–Crippen LogP) is 3.12. The van der Waals surface area contributed by atoms with E-state index in [0.717, 1.165) is 13.1 Å². The van der Waals surface area contributed by atoms with Gasteiger partial charge in [0.2, 0.25) is 0 Å². The van der Waals surface area contributed by atoms with Crippen molar-refractivity contribution in [3.05, 3.63) is 42.0 Å². The molecular formula is C15H20N2. The van der Waals surface area contributed by atoms with E-state index in [-0.39, 0.29) is 0 Å². The molecule has 0 saturated carbocycles. The predicted molar refractivity (Wildman–Crippen MR) is 75.7 cm³/mol. The van der Waals surface area contributed by atoms with E-state index in [1.54, 1.807) is 0 Å². The molecule has 2 nitrogen and oxygen atoms in total. The van der Waals surface area contributed by atoms with Crippen LogP contribution < -0.4 is 5.32 Å². The Hall–Kier alpha value is -1.54. The topological polar surface area (TPSA) is 15.3 Å². The van der Waals surface area contributed by atoms with Gasteiger partial charge in [-0.3, -0.25) is 0 Å². The number of anilines is 1. The number of nitrogens with one attached hydrogen (secondary N) is 1. The van der Waals surface area contributed by atoms with Crippen LogP contribution in [0.15, 0.2) is 36.4 Å². The molecule has 2 rings (SSSR count). The third kappa shape index (κ3) is 2.98. The van der Waals surface area contributed by atoms with Gasteiger partial charge in [0.25, 0.3) is 0 Å². The molecule has 17 heavy (non-hydrogen) atoms. The molecule has 0 unspecified atom stereocenters. The molecule has 0 atom stereocenters. The molecule has 0 spiro atoms. The monoisotopic (exact) mass is 228 g/mol. The highest BCUT2D eigenvalue weighted by molar-refractivity contribution is 5.88. The Labute approximate surface area is 103 Å². The summed E-state index contributed by atoms with van der Waals surface area (Å²) in [6.45, 7) is 4.19. The van der Waals surface area contributed by atoms with E-state index in [0.29, 0.717) is 0 Å². The third-order valence-corrected chi connectivity index (χ3v) is 2.96. The summed E-state index contributed by atoms with van der Waals surface area (Å²) in [5, 5.41) is 6.11. The Balaban J connectivity index is 2.19. The number of rotatable bonds is 4. The first-order valence-electron chi connectivity index (χ1n) is 6.05. The lowest BCUT2D eigenvalue weighted by atomic mass is 10.0.